The molecule has 0 aliphatic carbocycles. The Kier molecular flexibility index (Phi) is 2.15. The molecule has 6 heteroatoms. The maximum Gasteiger partial charge on any atom is 0.175 e. The maximum absolute atomic E-state index is 4.21. The first-order valence-electron chi connectivity index (χ1n) is 3.06. The van der Waals surface area contributed by atoms with Crippen LogP contribution in [0.2, 0.25) is 0 Å². The molecule has 0 aromatic carbocycles. The standard InChI is InChI=1S/C4H8N4S2/c1-2-8(10-6-1)4-5-3-9-7-4/h3-4,6-7H,1-2H2. The first kappa shape index (κ1) is 6.93. The van der Waals surface area contributed by atoms with Crippen LogP contribution in [-0.4, -0.2) is 29.2 Å². The third kappa shape index (κ3) is 1.30. The van der Waals surface area contributed by atoms with Crippen LogP contribution in [0.4, 0.5) is 0 Å². The highest BCUT2D eigenvalue weighted by Crippen LogP contribution is 2.18. The van der Waals surface area contributed by atoms with E-state index in [0.717, 1.165) is 13.1 Å². The normalized spacial score (nSPS) is 33.8. The summed E-state index contributed by atoms with van der Waals surface area (Å²) in [5.41, 5.74) is 1.84. The van der Waals surface area contributed by atoms with E-state index in [1.54, 1.807) is 24.1 Å². The quantitative estimate of drug-likeness (QED) is 0.551. The van der Waals surface area contributed by atoms with Gasteiger partial charge in [0.15, 0.2) is 6.29 Å². The van der Waals surface area contributed by atoms with Crippen LogP contribution >= 0.6 is 24.1 Å². The second kappa shape index (κ2) is 3.10. The largest absolute Gasteiger partial charge is 0.249 e. The van der Waals surface area contributed by atoms with Gasteiger partial charge in [-0.05, 0) is 11.9 Å². The van der Waals surface area contributed by atoms with E-state index in [1.807, 2.05) is 5.55 Å². The van der Waals surface area contributed by atoms with Gasteiger partial charge in [0.05, 0.1) is 5.55 Å². The molecule has 10 heavy (non-hydrogen) atoms. The topological polar surface area (TPSA) is 39.7 Å². The van der Waals surface area contributed by atoms with Crippen molar-refractivity contribution in [1.82, 2.24) is 13.7 Å². The lowest BCUT2D eigenvalue weighted by molar-refractivity contribution is 0.380. The fourth-order valence-electron chi connectivity index (χ4n) is 0.845. The molecule has 1 fully saturated rings. The van der Waals surface area contributed by atoms with Gasteiger partial charge in [-0.1, -0.05) is 0 Å². The van der Waals surface area contributed by atoms with Crippen molar-refractivity contribution in [3.8, 4) is 0 Å². The summed E-state index contributed by atoms with van der Waals surface area (Å²) in [6.07, 6.45) is 0.171. The molecule has 1 atom stereocenters. The van der Waals surface area contributed by atoms with Crippen LogP contribution in [0.5, 0.6) is 0 Å². The van der Waals surface area contributed by atoms with E-state index in [-0.39, 0.29) is 6.29 Å². The molecule has 2 heterocycles. The first-order chi connectivity index (χ1) is 4.97. The van der Waals surface area contributed by atoms with E-state index < -0.39 is 0 Å². The predicted molar refractivity (Wildman–Crippen MR) is 45.3 cm³/mol. The molecule has 2 aliphatic heterocycles. The zero-order valence-electron chi connectivity index (χ0n) is 5.28. The Morgan fingerprint density at radius 3 is 3.30 bits per heavy atom. The molecule has 0 spiro atoms. The zero-order chi connectivity index (χ0) is 6.81. The third-order valence-electron chi connectivity index (χ3n) is 1.32. The highest BCUT2D eigenvalue weighted by molar-refractivity contribution is 8.10. The van der Waals surface area contributed by atoms with Crippen molar-refractivity contribution >= 4 is 29.6 Å². The summed E-state index contributed by atoms with van der Waals surface area (Å²) in [6, 6.07) is 0. The monoisotopic (exact) mass is 176 g/mol. The SMILES string of the molecule is C1=NC(N2CCNS2)NS1. The van der Waals surface area contributed by atoms with Gasteiger partial charge in [0.2, 0.25) is 0 Å². The fraction of sp³-hybridized carbons (Fsp3) is 0.750. The predicted octanol–water partition coefficient (Wildman–Crippen LogP) is 0.0181. The summed E-state index contributed by atoms with van der Waals surface area (Å²) in [7, 11) is 0. The van der Waals surface area contributed by atoms with Gasteiger partial charge >= 0.3 is 0 Å². The van der Waals surface area contributed by atoms with Gasteiger partial charge in [-0.25, -0.2) is 14.4 Å². The summed E-state index contributed by atoms with van der Waals surface area (Å²) in [5.74, 6) is 0. The molecule has 2 rings (SSSR count). The van der Waals surface area contributed by atoms with Crippen LogP contribution in [0.1, 0.15) is 0 Å². The van der Waals surface area contributed by atoms with E-state index in [1.165, 1.54) is 0 Å². The van der Waals surface area contributed by atoms with E-state index in [4.69, 9.17) is 0 Å². The molecule has 1 saturated heterocycles. The third-order valence-corrected chi connectivity index (χ3v) is 2.84. The lowest BCUT2D eigenvalue weighted by Gasteiger charge is -2.16. The van der Waals surface area contributed by atoms with E-state index in [0.29, 0.717) is 0 Å². The van der Waals surface area contributed by atoms with Crippen molar-refractivity contribution in [3.63, 3.8) is 0 Å². The van der Waals surface area contributed by atoms with Crippen molar-refractivity contribution in [1.29, 1.82) is 0 Å². The molecule has 0 aromatic rings. The lowest BCUT2D eigenvalue weighted by Crippen LogP contribution is -2.33. The highest BCUT2D eigenvalue weighted by atomic mass is 32.2. The summed E-state index contributed by atoms with van der Waals surface area (Å²) >= 11 is 3.18. The minimum absolute atomic E-state index is 0.171. The van der Waals surface area contributed by atoms with Gasteiger partial charge in [0.25, 0.3) is 0 Å². The molecule has 56 valence electrons. The summed E-state index contributed by atoms with van der Waals surface area (Å²) < 4.78 is 8.50. The van der Waals surface area contributed by atoms with Gasteiger partial charge in [-0.15, -0.1) is 0 Å². The van der Waals surface area contributed by atoms with Crippen molar-refractivity contribution in [3.05, 3.63) is 0 Å². The zero-order valence-corrected chi connectivity index (χ0v) is 6.91. The maximum atomic E-state index is 4.21. The van der Waals surface area contributed by atoms with Gasteiger partial charge in [-0.3, -0.25) is 0 Å². The van der Waals surface area contributed by atoms with Crippen LogP contribution in [0.15, 0.2) is 4.99 Å². The molecule has 2 aliphatic rings. The van der Waals surface area contributed by atoms with Crippen LogP contribution in [0.3, 0.4) is 0 Å². The minimum atomic E-state index is 0.171. The Bertz CT molecular complexity index is 144. The summed E-state index contributed by atoms with van der Waals surface area (Å²) in [4.78, 5) is 4.21. The smallest absolute Gasteiger partial charge is 0.175 e. The summed E-state index contributed by atoms with van der Waals surface area (Å²) in [5, 5.41) is 0. The van der Waals surface area contributed by atoms with Crippen molar-refractivity contribution < 1.29 is 0 Å². The Morgan fingerprint density at radius 1 is 1.70 bits per heavy atom. The van der Waals surface area contributed by atoms with Gasteiger partial charge in [0, 0.05) is 25.2 Å². The second-order valence-corrected chi connectivity index (χ2v) is 3.61. The molecule has 0 radical (unpaired) electrons. The van der Waals surface area contributed by atoms with E-state index >= 15 is 0 Å². The number of nitrogens with zero attached hydrogens (tertiary/aromatic N) is 2. The molecule has 0 amide bonds. The van der Waals surface area contributed by atoms with Gasteiger partial charge in [0.1, 0.15) is 0 Å². The molecule has 0 aromatic heterocycles. The second-order valence-electron chi connectivity index (χ2n) is 1.99. The van der Waals surface area contributed by atoms with E-state index in [9.17, 15) is 0 Å². The average molecular weight is 176 g/mol. The fourth-order valence-corrected chi connectivity index (χ4v) is 2.20. The number of hydrogen-bond acceptors (Lipinski definition) is 6. The van der Waals surface area contributed by atoms with Crippen LogP contribution < -0.4 is 9.44 Å². The van der Waals surface area contributed by atoms with Gasteiger partial charge < -0.3 is 0 Å². The lowest BCUT2D eigenvalue weighted by atomic mass is 10.6. The number of hydrogen-bond donors (Lipinski definition) is 2. The Balaban J connectivity index is 1.91. The Hall–Kier alpha value is 0.250. The molecular formula is C4H8N4S2. The molecule has 1 unspecified atom stereocenters. The molecular weight excluding hydrogens is 168 g/mol. The molecule has 0 saturated carbocycles. The molecule has 0 bridgehead atoms. The average Bonchev–Trinajstić information content (AvgIpc) is 2.59. The van der Waals surface area contributed by atoms with Crippen LogP contribution in [0.25, 0.3) is 0 Å². The number of rotatable bonds is 1. The van der Waals surface area contributed by atoms with Crippen LogP contribution in [0, 0.1) is 0 Å². The van der Waals surface area contributed by atoms with Crippen LogP contribution in [-0.2, 0) is 0 Å². The Morgan fingerprint density at radius 2 is 2.70 bits per heavy atom. The van der Waals surface area contributed by atoms with E-state index in [2.05, 4.69) is 18.7 Å². The van der Waals surface area contributed by atoms with Crippen molar-refractivity contribution in [2.24, 2.45) is 4.99 Å². The van der Waals surface area contributed by atoms with Crippen molar-refractivity contribution in [2.75, 3.05) is 13.1 Å². The van der Waals surface area contributed by atoms with Gasteiger partial charge in [-0.2, -0.15) is 4.31 Å². The Labute approximate surface area is 68.2 Å². The highest BCUT2D eigenvalue weighted by Gasteiger charge is 2.23. The number of aliphatic imine (C=N–C) groups is 1. The molecule has 4 nitrogen and oxygen atoms in total. The first-order valence-corrected chi connectivity index (χ1v) is 4.71. The van der Waals surface area contributed by atoms with Crippen molar-refractivity contribution in [2.45, 2.75) is 6.29 Å². The summed E-state index contributed by atoms with van der Waals surface area (Å²) in [6.45, 7) is 2.10. The molecule has 2 N–H and O–H groups in total. The number of nitrogens with one attached hydrogen (secondary N) is 2. The minimum Gasteiger partial charge on any atom is -0.249 e.